The molecule has 7 heteroatoms. The van der Waals surface area contributed by atoms with Crippen molar-refractivity contribution in [1.29, 1.82) is 0 Å². The zero-order chi connectivity index (χ0) is 16.3. The first-order chi connectivity index (χ1) is 10.4. The molecule has 0 bridgehead atoms. The number of hydrogen-bond acceptors (Lipinski definition) is 5. The smallest absolute Gasteiger partial charge is 0.240 e. The maximum absolute atomic E-state index is 12.4. The van der Waals surface area contributed by atoms with Crippen LogP contribution in [-0.4, -0.2) is 78.6 Å². The van der Waals surface area contributed by atoms with Crippen molar-refractivity contribution in [2.24, 2.45) is 0 Å². The topological polar surface area (TPSA) is 77.9 Å². The van der Waals surface area contributed by atoms with E-state index in [9.17, 15) is 18.3 Å². The van der Waals surface area contributed by atoms with E-state index in [1.165, 1.54) is 6.92 Å². The molecule has 2 aliphatic rings. The number of piperazine rings is 1. The van der Waals surface area contributed by atoms with E-state index < -0.39 is 15.1 Å². The number of carbonyl (C=O) groups excluding carboxylic acids is 1. The molecule has 0 aromatic rings. The Morgan fingerprint density at radius 1 is 1.23 bits per heavy atom. The molecule has 1 saturated heterocycles. The highest BCUT2D eigenvalue weighted by Crippen LogP contribution is 2.25. The van der Waals surface area contributed by atoms with Crippen LogP contribution in [0.1, 0.15) is 39.5 Å². The van der Waals surface area contributed by atoms with Crippen molar-refractivity contribution in [1.82, 2.24) is 9.80 Å². The van der Waals surface area contributed by atoms with Crippen molar-refractivity contribution in [3.8, 4) is 0 Å². The van der Waals surface area contributed by atoms with Crippen molar-refractivity contribution in [3.63, 3.8) is 0 Å². The minimum absolute atomic E-state index is 0.0636. The monoisotopic (exact) mass is 332 g/mol. The average Bonchev–Trinajstić information content (AvgIpc) is 2.92. The molecule has 1 aliphatic heterocycles. The molecule has 2 rings (SSSR count). The van der Waals surface area contributed by atoms with Crippen LogP contribution in [0.25, 0.3) is 0 Å². The van der Waals surface area contributed by atoms with Crippen molar-refractivity contribution < 1.29 is 18.3 Å². The summed E-state index contributed by atoms with van der Waals surface area (Å²) in [6, 6.07) is 0.207. The van der Waals surface area contributed by atoms with Crippen LogP contribution in [0.15, 0.2) is 0 Å². The van der Waals surface area contributed by atoms with Gasteiger partial charge in [0, 0.05) is 32.2 Å². The summed E-state index contributed by atoms with van der Waals surface area (Å²) in [4.78, 5) is 16.3. The van der Waals surface area contributed by atoms with Gasteiger partial charge in [-0.3, -0.25) is 9.69 Å². The summed E-state index contributed by atoms with van der Waals surface area (Å²) in [5.41, 5.74) is 0. The molecule has 1 aliphatic carbocycles. The Hall–Kier alpha value is -0.660. The molecule has 1 N–H and O–H groups in total. The molecule has 0 radical (unpaired) electrons. The summed E-state index contributed by atoms with van der Waals surface area (Å²) < 4.78 is 24.1. The third-order valence-electron chi connectivity index (χ3n) is 4.91. The minimum atomic E-state index is -3.34. The van der Waals surface area contributed by atoms with Crippen LogP contribution in [-0.2, 0) is 14.6 Å². The van der Waals surface area contributed by atoms with Crippen molar-refractivity contribution in [2.75, 3.05) is 31.9 Å². The first kappa shape index (κ1) is 17.7. The van der Waals surface area contributed by atoms with E-state index in [1.54, 1.807) is 11.8 Å². The SMILES string of the molecule is CCCS(=O)(=O)C(C)C(=O)N1CCN(C2CCCC2O)CC1. The molecule has 3 atom stereocenters. The van der Waals surface area contributed by atoms with Gasteiger partial charge in [0.1, 0.15) is 5.25 Å². The molecule has 22 heavy (non-hydrogen) atoms. The molecule has 0 aromatic carbocycles. The van der Waals surface area contributed by atoms with E-state index in [4.69, 9.17) is 0 Å². The molecule has 0 spiro atoms. The van der Waals surface area contributed by atoms with Gasteiger partial charge >= 0.3 is 0 Å². The van der Waals surface area contributed by atoms with Crippen LogP contribution >= 0.6 is 0 Å². The Balaban J connectivity index is 1.89. The zero-order valence-electron chi connectivity index (χ0n) is 13.6. The molecule has 2 fully saturated rings. The highest BCUT2D eigenvalue weighted by molar-refractivity contribution is 7.92. The molecular weight excluding hydrogens is 304 g/mol. The zero-order valence-corrected chi connectivity index (χ0v) is 14.4. The predicted octanol–water partition coefficient (Wildman–Crippen LogP) is 0.257. The van der Waals surface area contributed by atoms with E-state index in [2.05, 4.69) is 4.90 Å². The summed E-state index contributed by atoms with van der Waals surface area (Å²) in [7, 11) is -3.34. The molecule has 3 unspecified atom stereocenters. The lowest BCUT2D eigenvalue weighted by Crippen LogP contribution is -2.55. The number of aliphatic hydroxyl groups is 1. The van der Waals surface area contributed by atoms with Gasteiger partial charge in [-0.1, -0.05) is 6.92 Å². The molecular formula is C15H28N2O4S. The highest BCUT2D eigenvalue weighted by atomic mass is 32.2. The average molecular weight is 332 g/mol. The number of amides is 1. The largest absolute Gasteiger partial charge is 0.391 e. The van der Waals surface area contributed by atoms with Crippen molar-refractivity contribution >= 4 is 15.7 Å². The van der Waals surface area contributed by atoms with Gasteiger partial charge < -0.3 is 10.0 Å². The summed E-state index contributed by atoms with van der Waals surface area (Å²) in [6.45, 7) is 5.84. The Morgan fingerprint density at radius 3 is 2.36 bits per heavy atom. The van der Waals surface area contributed by atoms with Crippen molar-refractivity contribution in [2.45, 2.75) is 56.9 Å². The van der Waals surface area contributed by atoms with Crippen LogP contribution < -0.4 is 0 Å². The summed E-state index contributed by atoms with van der Waals surface area (Å²) in [6.07, 6.45) is 3.20. The molecule has 1 heterocycles. The minimum Gasteiger partial charge on any atom is -0.391 e. The van der Waals surface area contributed by atoms with E-state index in [1.807, 2.05) is 0 Å². The van der Waals surface area contributed by atoms with Gasteiger partial charge in [-0.2, -0.15) is 0 Å². The fourth-order valence-electron chi connectivity index (χ4n) is 3.49. The Labute approximate surface area is 133 Å². The lowest BCUT2D eigenvalue weighted by Gasteiger charge is -2.39. The molecule has 6 nitrogen and oxygen atoms in total. The van der Waals surface area contributed by atoms with Gasteiger partial charge in [-0.05, 0) is 32.6 Å². The normalized spacial score (nSPS) is 28.8. The standard InChI is InChI=1S/C15H28N2O4S/c1-3-11-22(20,21)12(2)15(19)17-9-7-16(8-10-17)13-5-4-6-14(13)18/h12-14,18H,3-11H2,1-2H3. The Morgan fingerprint density at radius 2 is 1.86 bits per heavy atom. The van der Waals surface area contributed by atoms with Gasteiger partial charge in [0.25, 0.3) is 0 Å². The molecule has 0 aromatic heterocycles. The fraction of sp³-hybridized carbons (Fsp3) is 0.933. The van der Waals surface area contributed by atoms with E-state index in [-0.39, 0.29) is 23.8 Å². The van der Waals surface area contributed by atoms with E-state index in [0.29, 0.717) is 32.6 Å². The van der Waals surface area contributed by atoms with Gasteiger partial charge in [-0.25, -0.2) is 8.42 Å². The van der Waals surface area contributed by atoms with Crippen molar-refractivity contribution in [3.05, 3.63) is 0 Å². The number of sulfone groups is 1. The summed E-state index contributed by atoms with van der Waals surface area (Å²) in [5.74, 6) is -0.214. The van der Waals surface area contributed by atoms with Crippen LogP contribution in [0.2, 0.25) is 0 Å². The third kappa shape index (κ3) is 3.81. The number of carbonyl (C=O) groups is 1. The Bertz CT molecular complexity index is 486. The van der Waals surface area contributed by atoms with Gasteiger partial charge in [0.15, 0.2) is 9.84 Å². The number of rotatable bonds is 5. The maximum Gasteiger partial charge on any atom is 0.240 e. The lowest BCUT2D eigenvalue weighted by molar-refractivity contribution is -0.132. The number of aliphatic hydroxyl groups excluding tert-OH is 1. The van der Waals surface area contributed by atoms with Gasteiger partial charge in [0.2, 0.25) is 5.91 Å². The number of nitrogens with zero attached hydrogens (tertiary/aromatic N) is 2. The quantitative estimate of drug-likeness (QED) is 0.781. The van der Waals surface area contributed by atoms with Crippen LogP contribution in [0, 0.1) is 0 Å². The summed E-state index contributed by atoms with van der Waals surface area (Å²) in [5, 5.41) is 9.02. The Kier molecular flexibility index (Phi) is 5.85. The van der Waals surface area contributed by atoms with Gasteiger partial charge in [0.05, 0.1) is 11.9 Å². The second kappa shape index (κ2) is 7.27. The fourth-order valence-corrected chi connectivity index (χ4v) is 4.87. The second-order valence-corrected chi connectivity index (χ2v) is 8.88. The molecule has 1 amide bonds. The molecule has 128 valence electrons. The van der Waals surface area contributed by atoms with Gasteiger partial charge in [-0.15, -0.1) is 0 Å². The van der Waals surface area contributed by atoms with E-state index >= 15 is 0 Å². The summed E-state index contributed by atoms with van der Waals surface area (Å²) >= 11 is 0. The third-order valence-corrected chi connectivity index (χ3v) is 7.17. The number of hydrogen-bond donors (Lipinski definition) is 1. The highest BCUT2D eigenvalue weighted by Gasteiger charge is 2.36. The maximum atomic E-state index is 12.4. The molecule has 1 saturated carbocycles. The van der Waals surface area contributed by atoms with Crippen LogP contribution in [0.3, 0.4) is 0 Å². The lowest BCUT2D eigenvalue weighted by atomic mass is 10.1. The van der Waals surface area contributed by atoms with Crippen LogP contribution in [0.4, 0.5) is 0 Å². The first-order valence-corrected chi connectivity index (χ1v) is 10.0. The van der Waals surface area contributed by atoms with Crippen LogP contribution in [0.5, 0.6) is 0 Å². The van der Waals surface area contributed by atoms with E-state index in [0.717, 1.165) is 19.3 Å². The second-order valence-electron chi connectivity index (χ2n) is 6.44. The first-order valence-electron chi connectivity index (χ1n) is 8.29. The predicted molar refractivity (Wildman–Crippen MR) is 85.3 cm³/mol.